The van der Waals surface area contributed by atoms with Gasteiger partial charge >= 0.3 is 11.9 Å². The number of carboxylic acid groups (broad SMARTS) is 2. The van der Waals surface area contributed by atoms with Gasteiger partial charge in [-0.05, 0) is 50.4 Å². The highest BCUT2D eigenvalue weighted by atomic mass is 16.4. The van der Waals surface area contributed by atoms with Gasteiger partial charge in [-0.15, -0.1) is 5.92 Å². The number of carboxylic acids is 2. The fourth-order valence-corrected chi connectivity index (χ4v) is 4.23. The number of unbranched alkanes of at least 4 members (excludes halogenated alkanes) is 4. The van der Waals surface area contributed by atoms with Crippen LogP contribution in [0.25, 0.3) is 0 Å². The van der Waals surface area contributed by atoms with Crippen LogP contribution in [0.15, 0.2) is 11.5 Å². The number of rotatable bonds is 13. The molecule has 0 heterocycles. The van der Waals surface area contributed by atoms with E-state index in [2.05, 4.69) is 18.8 Å². The Morgan fingerprint density at radius 3 is 2.37 bits per heavy atom. The van der Waals surface area contributed by atoms with E-state index in [0.29, 0.717) is 19.3 Å². The van der Waals surface area contributed by atoms with E-state index in [0.717, 1.165) is 25.7 Å². The largest absolute Gasteiger partial charge is 0.506 e. The molecule has 7 heteroatoms. The van der Waals surface area contributed by atoms with Crippen LogP contribution in [0.1, 0.15) is 84.0 Å². The van der Waals surface area contributed by atoms with Gasteiger partial charge in [0, 0.05) is 18.8 Å². The van der Waals surface area contributed by atoms with E-state index in [1.807, 2.05) is 0 Å². The lowest BCUT2D eigenvalue weighted by atomic mass is 9.82. The summed E-state index contributed by atoms with van der Waals surface area (Å²) in [4.78, 5) is 21.7. The van der Waals surface area contributed by atoms with Crippen molar-refractivity contribution in [1.29, 1.82) is 0 Å². The molecule has 1 aliphatic carbocycles. The molecule has 1 rings (SSSR count). The molecule has 30 heavy (non-hydrogen) atoms. The standard InChI is InChI=1S/C23H36O7/c1-2-3-4-5-6-7-9-16-12-13-17(14-15-20(25)26)18(16)10-8-11-19(24)21(27)22(28)23(29)30/h16-19,24,27-28H,2-6,8,10-15H2,1H3,(H,25,26)(H,29,30)/t16-,17?,18+,19-/m0/s1. The van der Waals surface area contributed by atoms with Gasteiger partial charge < -0.3 is 25.5 Å². The minimum atomic E-state index is -1.69. The Morgan fingerprint density at radius 1 is 1.00 bits per heavy atom. The molecule has 7 nitrogen and oxygen atoms in total. The third-order valence-electron chi connectivity index (χ3n) is 5.92. The molecule has 1 aliphatic rings. The molecule has 170 valence electrons. The van der Waals surface area contributed by atoms with Crippen molar-refractivity contribution in [1.82, 2.24) is 0 Å². The fourth-order valence-electron chi connectivity index (χ4n) is 4.23. The Morgan fingerprint density at radius 2 is 1.73 bits per heavy atom. The maximum absolute atomic E-state index is 11.0. The van der Waals surface area contributed by atoms with Gasteiger partial charge in [0.2, 0.25) is 5.76 Å². The third kappa shape index (κ3) is 9.08. The summed E-state index contributed by atoms with van der Waals surface area (Å²) in [5, 5.41) is 46.5. The molecular weight excluding hydrogens is 388 g/mol. The summed E-state index contributed by atoms with van der Waals surface area (Å²) in [6.07, 6.45) is 8.02. The zero-order chi connectivity index (χ0) is 22.5. The normalized spacial score (nSPS) is 22.7. The number of hydrogen-bond donors (Lipinski definition) is 5. The smallest absolute Gasteiger partial charge is 0.374 e. The van der Waals surface area contributed by atoms with Crippen LogP contribution in [-0.2, 0) is 9.59 Å². The topological polar surface area (TPSA) is 135 Å². The summed E-state index contributed by atoms with van der Waals surface area (Å²) in [6, 6.07) is 0. The van der Waals surface area contributed by atoms with Crippen molar-refractivity contribution in [2.24, 2.45) is 17.8 Å². The average Bonchev–Trinajstić information content (AvgIpc) is 3.09. The SMILES string of the molecule is CCCCCCC#C[C@H]1CCC(CCC(=O)O)[C@@H]1CCC[C@H](O)C(O)=C(O)C(=O)O. The van der Waals surface area contributed by atoms with Crippen LogP contribution >= 0.6 is 0 Å². The van der Waals surface area contributed by atoms with Crippen molar-refractivity contribution in [2.45, 2.75) is 90.1 Å². The predicted molar refractivity (Wildman–Crippen MR) is 113 cm³/mol. The molecule has 0 aromatic carbocycles. The number of aliphatic hydroxyl groups is 3. The van der Waals surface area contributed by atoms with Crippen molar-refractivity contribution >= 4 is 11.9 Å². The first kappa shape index (κ1) is 25.8. The minimum absolute atomic E-state index is 0.114. The Hall–Kier alpha value is -2.20. The molecule has 1 fully saturated rings. The van der Waals surface area contributed by atoms with Crippen LogP contribution in [-0.4, -0.2) is 43.6 Å². The number of carbonyl (C=O) groups is 2. The van der Waals surface area contributed by atoms with Crippen LogP contribution < -0.4 is 0 Å². The van der Waals surface area contributed by atoms with Crippen LogP contribution in [0, 0.1) is 29.6 Å². The second kappa shape index (κ2) is 13.9. The second-order valence-corrected chi connectivity index (χ2v) is 8.16. The molecule has 1 unspecified atom stereocenters. The van der Waals surface area contributed by atoms with E-state index in [1.165, 1.54) is 19.3 Å². The van der Waals surface area contributed by atoms with Crippen molar-refractivity contribution in [2.75, 3.05) is 0 Å². The minimum Gasteiger partial charge on any atom is -0.506 e. The molecule has 0 aromatic heterocycles. The van der Waals surface area contributed by atoms with Crippen LogP contribution in [0.3, 0.4) is 0 Å². The summed E-state index contributed by atoms with van der Waals surface area (Å²) in [5.41, 5.74) is 0. The highest BCUT2D eigenvalue weighted by molar-refractivity contribution is 5.84. The van der Waals surface area contributed by atoms with Gasteiger partial charge in [0.25, 0.3) is 0 Å². The van der Waals surface area contributed by atoms with Gasteiger partial charge in [-0.2, -0.15) is 0 Å². The van der Waals surface area contributed by atoms with E-state index >= 15 is 0 Å². The van der Waals surface area contributed by atoms with E-state index in [1.54, 1.807) is 0 Å². The average molecular weight is 425 g/mol. The first-order chi connectivity index (χ1) is 14.3. The predicted octanol–water partition coefficient (Wildman–Crippen LogP) is 4.41. The van der Waals surface area contributed by atoms with Gasteiger partial charge in [-0.25, -0.2) is 4.79 Å². The molecule has 0 spiro atoms. The van der Waals surface area contributed by atoms with Crippen LogP contribution in [0.5, 0.6) is 0 Å². The summed E-state index contributed by atoms with van der Waals surface area (Å²) in [5.74, 6) is 2.67. The molecule has 0 radical (unpaired) electrons. The van der Waals surface area contributed by atoms with Crippen LogP contribution in [0.2, 0.25) is 0 Å². The Bertz CT molecular complexity index is 644. The highest BCUT2D eigenvalue weighted by Gasteiger charge is 2.35. The van der Waals surface area contributed by atoms with E-state index < -0.39 is 29.6 Å². The van der Waals surface area contributed by atoms with Gasteiger partial charge in [0.15, 0.2) is 5.76 Å². The monoisotopic (exact) mass is 424 g/mol. The number of hydrogen-bond acceptors (Lipinski definition) is 5. The second-order valence-electron chi connectivity index (χ2n) is 8.16. The van der Waals surface area contributed by atoms with Crippen molar-refractivity contribution in [3.8, 4) is 11.8 Å². The summed E-state index contributed by atoms with van der Waals surface area (Å²) in [7, 11) is 0. The maximum Gasteiger partial charge on any atom is 0.374 e. The molecule has 0 aromatic rings. The molecule has 0 saturated heterocycles. The Labute approximate surface area is 178 Å². The van der Waals surface area contributed by atoms with E-state index in [-0.39, 0.29) is 30.6 Å². The maximum atomic E-state index is 11.0. The van der Waals surface area contributed by atoms with Gasteiger partial charge in [-0.1, -0.05) is 38.5 Å². The zero-order valence-corrected chi connectivity index (χ0v) is 17.8. The van der Waals surface area contributed by atoms with Crippen LogP contribution in [0.4, 0.5) is 0 Å². The van der Waals surface area contributed by atoms with Gasteiger partial charge in [0.1, 0.15) is 6.10 Å². The number of aliphatic hydroxyl groups excluding tert-OH is 3. The molecule has 0 amide bonds. The Balaban J connectivity index is 2.66. The van der Waals surface area contributed by atoms with Crippen molar-refractivity contribution in [3.05, 3.63) is 11.5 Å². The number of aliphatic carboxylic acids is 2. The summed E-state index contributed by atoms with van der Waals surface area (Å²) >= 11 is 0. The Kier molecular flexibility index (Phi) is 12.0. The quantitative estimate of drug-likeness (QED) is 0.128. The van der Waals surface area contributed by atoms with E-state index in [9.17, 15) is 24.9 Å². The zero-order valence-electron chi connectivity index (χ0n) is 17.8. The molecule has 1 saturated carbocycles. The summed E-state index contributed by atoms with van der Waals surface area (Å²) < 4.78 is 0. The highest BCUT2D eigenvalue weighted by Crippen LogP contribution is 2.42. The first-order valence-electron chi connectivity index (χ1n) is 11.0. The lowest BCUT2D eigenvalue weighted by Gasteiger charge is -2.22. The first-order valence-corrected chi connectivity index (χ1v) is 11.0. The fraction of sp³-hybridized carbons (Fsp3) is 0.739. The van der Waals surface area contributed by atoms with Gasteiger partial charge in [-0.3, -0.25) is 4.79 Å². The molecule has 0 aliphatic heterocycles. The summed E-state index contributed by atoms with van der Waals surface area (Å²) in [6.45, 7) is 2.17. The molecule has 5 N–H and O–H groups in total. The van der Waals surface area contributed by atoms with Crippen molar-refractivity contribution < 1.29 is 35.1 Å². The lowest BCUT2D eigenvalue weighted by Crippen LogP contribution is -2.19. The lowest BCUT2D eigenvalue weighted by molar-refractivity contribution is -0.137. The van der Waals surface area contributed by atoms with Gasteiger partial charge in [0.05, 0.1) is 0 Å². The molecular formula is C23H36O7. The third-order valence-corrected chi connectivity index (χ3v) is 5.92. The van der Waals surface area contributed by atoms with E-state index in [4.69, 9.17) is 10.2 Å². The molecule has 0 bridgehead atoms. The van der Waals surface area contributed by atoms with Crippen molar-refractivity contribution in [3.63, 3.8) is 0 Å². The molecule has 4 atom stereocenters.